The summed E-state index contributed by atoms with van der Waals surface area (Å²) in [6.07, 6.45) is 0. The van der Waals surface area contributed by atoms with Crippen molar-refractivity contribution in [2.24, 2.45) is 0 Å². The van der Waals surface area contributed by atoms with Crippen LogP contribution in [0.25, 0.3) is 0 Å². The lowest BCUT2D eigenvalue weighted by atomic mass is 10.2. The van der Waals surface area contributed by atoms with E-state index in [-0.39, 0.29) is 5.82 Å². The lowest BCUT2D eigenvalue weighted by molar-refractivity contribution is 0.205. The first-order valence-corrected chi connectivity index (χ1v) is 6.27. The lowest BCUT2D eigenvalue weighted by Gasteiger charge is -2.32. The van der Waals surface area contributed by atoms with Crippen molar-refractivity contribution in [3.63, 3.8) is 0 Å². The molecule has 1 aliphatic rings. The van der Waals surface area contributed by atoms with E-state index >= 15 is 0 Å². The van der Waals surface area contributed by atoms with Crippen LogP contribution in [0.1, 0.15) is 0 Å². The molecule has 16 heavy (non-hydrogen) atoms. The second-order valence-electron chi connectivity index (χ2n) is 3.69. The average molecular weight is 336 g/mol. The van der Waals surface area contributed by atoms with E-state index in [1.807, 2.05) is 28.7 Å². The fraction of sp³-hybridized carbons (Fsp3) is 0.455. The highest BCUT2D eigenvalue weighted by atomic mass is 127. The number of hydrogen-bond donors (Lipinski definition) is 1. The largest absolute Gasteiger partial charge is 0.383 e. The van der Waals surface area contributed by atoms with E-state index in [9.17, 15) is 4.39 Å². The van der Waals surface area contributed by atoms with Gasteiger partial charge in [-0.1, -0.05) is 0 Å². The predicted molar refractivity (Wildman–Crippen MR) is 71.7 cm³/mol. The third-order valence-electron chi connectivity index (χ3n) is 2.64. The molecule has 5 heteroatoms. The summed E-state index contributed by atoms with van der Waals surface area (Å²) in [6.45, 7) is 3.23. The van der Waals surface area contributed by atoms with Crippen molar-refractivity contribution in [2.45, 2.75) is 0 Å². The van der Waals surface area contributed by atoms with E-state index in [0.717, 1.165) is 31.0 Å². The Morgan fingerprint density at radius 1 is 1.56 bits per heavy atom. The Hall–Kier alpha value is -0.560. The third-order valence-corrected chi connectivity index (χ3v) is 3.47. The quantitative estimate of drug-likeness (QED) is 0.858. The summed E-state index contributed by atoms with van der Waals surface area (Å²) < 4.78 is 19.2. The van der Waals surface area contributed by atoms with Crippen molar-refractivity contribution in [3.05, 3.63) is 21.5 Å². The number of nitrogens with one attached hydrogen (secondary N) is 1. The molecule has 2 rings (SSSR count). The zero-order chi connectivity index (χ0) is 11.5. The monoisotopic (exact) mass is 336 g/mol. The molecular weight excluding hydrogens is 322 g/mol. The topological polar surface area (TPSA) is 24.5 Å². The van der Waals surface area contributed by atoms with Gasteiger partial charge in [-0.25, -0.2) is 4.39 Å². The standard InChI is InChI=1S/C11H14FIN2O/c1-16-5-4-15-3-2-14-10-7-9(13)8(12)6-11(10)15/h6-7,14H,2-5H2,1H3. The Balaban J connectivity index is 2.27. The molecule has 0 unspecified atom stereocenters. The van der Waals surface area contributed by atoms with E-state index in [2.05, 4.69) is 10.2 Å². The van der Waals surface area contributed by atoms with Crippen LogP contribution < -0.4 is 10.2 Å². The van der Waals surface area contributed by atoms with Crippen molar-refractivity contribution >= 4 is 34.0 Å². The molecule has 0 fully saturated rings. The highest BCUT2D eigenvalue weighted by Gasteiger charge is 2.18. The van der Waals surface area contributed by atoms with Crippen LogP contribution in [0.4, 0.5) is 15.8 Å². The molecule has 0 amide bonds. The average Bonchev–Trinajstić information content (AvgIpc) is 2.28. The number of halogens is 2. The van der Waals surface area contributed by atoms with Crippen molar-refractivity contribution in [2.75, 3.05) is 43.6 Å². The summed E-state index contributed by atoms with van der Waals surface area (Å²) in [6, 6.07) is 3.45. The molecule has 1 aromatic carbocycles. The van der Waals surface area contributed by atoms with Crippen LogP contribution in [-0.2, 0) is 4.74 Å². The maximum Gasteiger partial charge on any atom is 0.138 e. The van der Waals surface area contributed by atoms with Crippen LogP contribution in [0.5, 0.6) is 0 Å². The fourth-order valence-electron chi connectivity index (χ4n) is 1.82. The molecule has 0 aliphatic carbocycles. The summed E-state index contributed by atoms with van der Waals surface area (Å²) >= 11 is 2.01. The molecule has 0 bridgehead atoms. The van der Waals surface area contributed by atoms with Crippen LogP contribution in [0.15, 0.2) is 12.1 Å². The van der Waals surface area contributed by atoms with Gasteiger partial charge in [-0.15, -0.1) is 0 Å². The van der Waals surface area contributed by atoms with Gasteiger partial charge in [0, 0.05) is 32.8 Å². The van der Waals surface area contributed by atoms with Crippen LogP contribution >= 0.6 is 22.6 Å². The van der Waals surface area contributed by atoms with Gasteiger partial charge in [-0.2, -0.15) is 0 Å². The minimum absolute atomic E-state index is 0.162. The first-order valence-electron chi connectivity index (χ1n) is 5.19. The molecule has 1 aromatic rings. The van der Waals surface area contributed by atoms with Gasteiger partial charge in [0.2, 0.25) is 0 Å². The number of fused-ring (bicyclic) bond motifs is 1. The zero-order valence-electron chi connectivity index (χ0n) is 9.09. The number of hydrogen-bond acceptors (Lipinski definition) is 3. The van der Waals surface area contributed by atoms with E-state index in [1.165, 1.54) is 0 Å². The summed E-state index contributed by atoms with van der Waals surface area (Å²) in [5.74, 6) is -0.162. The maximum absolute atomic E-state index is 13.5. The van der Waals surface area contributed by atoms with Gasteiger partial charge in [0.15, 0.2) is 0 Å². The van der Waals surface area contributed by atoms with Gasteiger partial charge < -0.3 is 15.0 Å². The second kappa shape index (κ2) is 5.18. The molecule has 0 spiro atoms. The number of anilines is 2. The Labute approximate surface area is 108 Å². The molecule has 0 atom stereocenters. The summed E-state index contributed by atoms with van der Waals surface area (Å²) in [5.41, 5.74) is 1.94. The lowest BCUT2D eigenvalue weighted by Crippen LogP contribution is -2.36. The summed E-state index contributed by atoms with van der Waals surface area (Å²) in [5, 5.41) is 3.28. The normalized spacial score (nSPS) is 14.6. The number of methoxy groups -OCH3 is 1. The van der Waals surface area contributed by atoms with Crippen LogP contribution in [0.2, 0.25) is 0 Å². The van der Waals surface area contributed by atoms with E-state index in [4.69, 9.17) is 4.74 Å². The number of nitrogens with zero attached hydrogens (tertiary/aromatic N) is 1. The van der Waals surface area contributed by atoms with Crippen LogP contribution in [0.3, 0.4) is 0 Å². The van der Waals surface area contributed by atoms with Crippen LogP contribution in [-0.4, -0.2) is 33.4 Å². The smallest absolute Gasteiger partial charge is 0.138 e. The molecular formula is C11H14FIN2O. The van der Waals surface area contributed by atoms with Gasteiger partial charge >= 0.3 is 0 Å². The number of ether oxygens (including phenoxy) is 1. The first kappa shape index (κ1) is 11.9. The molecule has 1 heterocycles. The Bertz CT molecular complexity index is 386. The molecule has 1 N–H and O–H groups in total. The highest BCUT2D eigenvalue weighted by molar-refractivity contribution is 14.1. The molecule has 3 nitrogen and oxygen atoms in total. The molecule has 0 aromatic heterocycles. The molecule has 88 valence electrons. The predicted octanol–water partition coefficient (Wildman–Crippen LogP) is 2.31. The zero-order valence-corrected chi connectivity index (χ0v) is 11.3. The van der Waals surface area contributed by atoms with E-state index in [1.54, 1.807) is 13.2 Å². The number of rotatable bonds is 3. The summed E-state index contributed by atoms with van der Waals surface area (Å²) in [4.78, 5) is 2.15. The van der Waals surface area contributed by atoms with Gasteiger partial charge in [-0.3, -0.25) is 0 Å². The minimum atomic E-state index is -0.162. The highest BCUT2D eigenvalue weighted by Crippen LogP contribution is 2.31. The van der Waals surface area contributed by atoms with Gasteiger partial charge in [0.1, 0.15) is 5.82 Å². The Morgan fingerprint density at radius 3 is 3.12 bits per heavy atom. The van der Waals surface area contributed by atoms with Crippen molar-refractivity contribution in [3.8, 4) is 0 Å². The van der Waals surface area contributed by atoms with E-state index < -0.39 is 0 Å². The van der Waals surface area contributed by atoms with E-state index in [0.29, 0.717) is 10.2 Å². The third kappa shape index (κ3) is 2.40. The summed E-state index contributed by atoms with van der Waals surface area (Å²) in [7, 11) is 1.68. The maximum atomic E-state index is 13.5. The van der Waals surface area contributed by atoms with Gasteiger partial charge in [0.05, 0.1) is 21.6 Å². The molecule has 0 radical (unpaired) electrons. The SMILES string of the molecule is COCCN1CCNc2cc(I)c(F)cc21. The Morgan fingerprint density at radius 2 is 2.38 bits per heavy atom. The van der Waals surface area contributed by atoms with Crippen molar-refractivity contribution in [1.82, 2.24) is 0 Å². The van der Waals surface area contributed by atoms with Crippen molar-refractivity contribution < 1.29 is 9.13 Å². The minimum Gasteiger partial charge on any atom is -0.383 e. The van der Waals surface area contributed by atoms with Crippen LogP contribution in [0, 0.1) is 9.39 Å². The first-order chi connectivity index (χ1) is 7.72. The van der Waals surface area contributed by atoms with Gasteiger partial charge in [-0.05, 0) is 28.7 Å². The molecule has 1 aliphatic heterocycles. The fourth-order valence-corrected chi connectivity index (χ4v) is 2.29. The molecule has 0 saturated heterocycles. The Kier molecular flexibility index (Phi) is 3.86. The second-order valence-corrected chi connectivity index (χ2v) is 4.85. The van der Waals surface area contributed by atoms with Gasteiger partial charge in [0.25, 0.3) is 0 Å². The molecule has 0 saturated carbocycles. The number of benzene rings is 1. The van der Waals surface area contributed by atoms with Crippen molar-refractivity contribution in [1.29, 1.82) is 0 Å².